The second-order valence-electron chi connectivity index (χ2n) is 6.97. The maximum Gasteiger partial charge on any atom is 0.305 e. The molecule has 0 unspecified atom stereocenters. The molecule has 144 valence electrons. The molecule has 2 rings (SSSR count). The van der Waals surface area contributed by atoms with Crippen LogP contribution in [-0.4, -0.2) is 23.1 Å². The van der Waals surface area contributed by atoms with Gasteiger partial charge in [0.1, 0.15) is 5.75 Å². The maximum atomic E-state index is 12.5. The molecule has 0 spiro atoms. The summed E-state index contributed by atoms with van der Waals surface area (Å²) >= 11 is 0. The summed E-state index contributed by atoms with van der Waals surface area (Å²) < 4.78 is 5.61. The normalized spacial score (nSPS) is 13.0. The average Bonchev–Trinajstić information content (AvgIpc) is 2.61. The van der Waals surface area contributed by atoms with Gasteiger partial charge in [-0.15, -0.1) is 0 Å². The molecule has 0 aliphatic carbocycles. The third-order valence-corrected chi connectivity index (χ3v) is 4.23. The highest BCUT2D eigenvalue weighted by molar-refractivity contribution is 5.78. The van der Waals surface area contributed by atoms with Crippen LogP contribution in [0.4, 0.5) is 0 Å². The van der Waals surface area contributed by atoms with E-state index in [1.807, 2.05) is 51.1 Å². The predicted octanol–water partition coefficient (Wildman–Crippen LogP) is 4.30. The Bertz CT molecular complexity index is 741. The smallest absolute Gasteiger partial charge is 0.305 e. The lowest BCUT2D eigenvalue weighted by molar-refractivity contribution is -0.137. The molecule has 27 heavy (non-hydrogen) atoms. The lowest BCUT2D eigenvalue weighted by atomic mass is 9.97. The van der Waals surface area contributed by atoms with Gasteiger partial charge in [0, 0.05) is 6.42 Å². The quantitative estimate of drug-likeness (QED) is 0.691. The zero-order valence-corrected chi connectivity index (χ0v) is 16.0. The summed E-state index contributed by atoms with van der Waals surface area (Å²) in [5, 5.41) is 12.1. The highest BCUT2D eigenvalue weighted by Gasteiger charge is 2.20. The van der Waals surface area contributed by atoms with Crippen molar-refractivity contribution in [3.8, 4) is 5.75 Å². The molecule has 0 aliphatic rings. The minimum atomic E-state index is -0.959. The van der Waals surface area contributed by atoms with Gasteiger partial charge >= 0.3 is 5.97 Å². The van der Waals surface area contributed by atoms with Gasteiger partial charge < -0.3 is 15.2 Å². The number of hydrogen-bond donors (Lipinski definition) is 2. The van der Waals surface area contributed by atoms with Crippen LogP contribution in [0, 0.1) is 0 Å². The topological polar surface area (TPSA) is 75.6 Å². The summed E-state index contributed by atoms with van der Waals surface area (Å²) in [4.78, 5) is 23.7. The summed E-state index contributed by atoms with van der Waals surface area (Å²) in [6.07, 6.45) is 0.190. The van der Waals surface area contributed by atoms with Crippen molar-refractivity contribution in [2.24, 2.45) is 0 Å². The summed E-state index contributed by atoms with van der Waals surface area (Å²) in [5.74, 6) is -0.357. The van der Waals surface area contributed by atoms with Crippen molar-refractivity contribution in [1.82, 2.24) is 5.32 Å². The van der Waals surface area contributed by atoms with E-state index in [-0.39, 0.29) is 24.3 Å². The van der Waals surface area contributed by atoms with Gasteiger partial charge in [-0.2, -0.15) is 0 Å². The molecular formula is C22H27NO4. The Morgan fingerprint density at radius 2 is 1.56 bits per heavy atom. The van der Waals surface area contributed by atoms with E-state index in [0.717, 1.165) is 11.1 Å². The molecule has 0 saturated carbocycles. The van der Waals surface area contributed by atoms with Crippen molar-refractivity contribution in [3.05, 3.63) is 65.7 Å². The van der Waals surface area contributed by atoms with E-state index in [1.165, 1.54) is 0 Å². The van der Waals surface area contributed by atoms with E-state index in [0.29, 0.717) is 12.2 Å². The fraction of sp³-hybridized carbons (Fsp3) is 0.364. The zero-order chi connectivity index (χ0) is 19.8. The van der Waals surface area contributed by atoms with Crippen LogP contribution in [0.5, 0.6) is 5.75 Å². The molecule has 2 N–H and O–H groups in total. The SMILES string of the molecule is CC(C)Oc1ccc([C@H](CC(=O)O)NC(=O)C[C@@H](C)c2ccccc2)cc1. The largest absolute Gasteiger partial charge is 0.491 e. The Labute approximate surface area is 160 Å². The van der Waals surface area contributed by atoms with E-state index in [4.69, 9.17) is 4.74 Å². The van der Waals surface area contributed by atoms with Crippen molar-refractivity contribution in [2.45, 2.75) is 51.7 Å². The molecule has 1 amide bonds. The molecule has 5 nitrogen and oxygen atoms in total. The van der Waals surface area contributed by atoms with Crippen molar-refractivity contribution >= 4 is 11.9 Å². The third kappa shape index (κ3) is 6.77. The number of carboxylic acids is 1. The van der Waals surface area contributed by atoms with Crippen LogP contribution < -0.4 is 10.1 Å². The van der Waals surface area contributed by atoms with Crippen LogP contribution in [0.15, 0.2) is 54.6 Å². The summed E-state index contributed by atoms with van der Waals surface area (Å²) in [6, 6.07) is 16.4. The monoisotopic (exact) mass is 369 g/mol. The molecular weight excluding hydrogens is 342 g/mol. The van der Waals surface area contributed by atoms with E-state index in [1.54, 1.807) is 24.3 Å². The summed E-state index contributed by atoms with van der Waals surface area (Å²) in [6.45, 7) is 5.86. The predicted molar refractivity (Wildman–Crippen MR) is 105 cm³/mol. The molecule has 0 aliphatic heterocycles. The van der Waals surface area contributed by atoms with Gasteiger partial charge in [-0.1, -0.05) is 49.4 Å². The van der Waals surface area contributed by atoms with Crippen LogP contribution in [0.3, 0.4) is 0 Å². The van der Waals surface area contributed by atoms with Gasteiger partial charge in [0.2, 0.25) is 5.91 Å². The Balaban J connectivity index is 2.05. The number of aliphatic carboxylic acids is 1. The number of carbonyl (C=O) groups is 2. The van der Waals surface area contributed by atoms with E-state index >= 15 is 0 Å². The molecule has 0 heterocycles. The Morgan fingerprint density at radius 3 is 2.11 bits per heavy atom. The first-order chi connectivity index (χ1) is 12.8. The van der Waals surface area contributed by atoms with Crippen molar-refractivity contribution in [1.29, 1.82) is 0 Å². The number of benzene rings is 2. The first-order valence-electron chi connectivity index (χ1n) is 9.18. The molecule has 2 aromatic carbocycles. The highest BCUT2D eigenvalue weighted by Crippen LogP contribution is 2.23. The lowest BCUT2D eigenvalue weighted by Gasteiger charge is -2.20. The first kappa shape index (κ1) is 20.5. The Hall–Kier alpha value is -2.82. The molecule has 0 saturated heterocycles. The average molecular weight is 369 g/mol. The number of nitrogens with one attached hydrogen (secondary N) is 1. The molecule has 2 atom stereocenters. The van der Waals surface area contributed by atoms with Crippen molar-refractivity contribution < 1.29 is 19.4 Å². The maximum absolute atomic E-state index is 12.5. The van der Waals surface area contributed by atoms with Crippen LogP contribution in [0.2, 0.25) is 0 Å². The first-order valence-corrected chi connectivity index (χ1v) is 9.18. The minimum Gasteiger partial charge on any atom is -0.491 e. The fourth-order valence-corrected chi connectivity index (χ4v) is 2.91. The van der Waals surface area contributed by atoms with E-state index in [2.05, 4.69) is 5.32 Å². The second-order valence-corrected chi connectivity index (χ2v) is 6.97. The Kier molecular flexibility index (Phi) is 7.41. The number of hydrogen-bond acceptors (Lipinski definition) is 3. The van der Waals surface area contributed by atoms with Crippen LogP contribution in [0.1, 0.15) is 56.7 Å². The van der Waals surface area contributed by atoms with Crippen LogP contribution in [-0.2, 0) is 9.59 Å². The second kappa shape index (κ2) is 9.76. The molecule has 0 fully saturated rings. The van der Waals surface area contributed by atoms with Crippen LogP contribution in [0.25, 0.3) is 0 Å². The third-order valence-electron chi connectivity index (χ3n) is 4.23. The van der Waals surface area contributed by atoms with Crippen molar-refractivity contribution in [2.75, 3.05) is 0 Å². The van der Waals surface area contributed by atoms with Gasteiger partial charge in [-0.05, 0) is 43.0 Å². The van der Waals surface area contributed by atoms with Gasteiger partial charge in [0.15, 0.2) is 0 Å². The fourth-order valence-electron chi connectivity index (χ4n) is 2.91. The van der Waals surface area contributed by atoms with E-state index < -0.39 is 12.0 Å². The molecule has 2 aromatic rings. The van der Waals surface area contributed by atoms with Gasteiger partial charge in [0.25, 0.3) is 0 Å². The van der Waals surface area contributed by atoms with Gasteiger partial charge in [-0.25, -0.2) is 0 Å². The number of amides is 1. The number of rotatable bonds is 9. The Morgan fingerprint density at radius 1 is 0.926 bits per heavy atom. The summed E-state index contributed by atoms with van der Waals surface area (Å²) in [5.41, 5.74) is 1.83. The van der Waals surface area contributed by atoms with E-state index in [9.17, 15) is 14.7 Å². The summed E-state index contributed by atoms with van der Waals surface area (Å²) in [7, 11) is 0. The molecule has 0 aromatic heterocycles. The number of carboxylic acid groups (broad SMARTS) is 1. The molecule has 0 bridgehead atoms. The standard InChI is InChI=1S/C22H27NO4/c1-15(2)27-19-11-9-18(10-12-19)20(14-22(25)26)23-21(24)13-16(3)17-7-5-4-6-8-17/h4-12,15-16,20H,13-14H2,1-3H3,(H,23,24)(H,25,26)/t16-,20+/m1/s1. The minimum absolute atomic E-state index is 0.0542. The highest BCUT2D eigenvalue weighted by atomic mass is 16.5. The zero-order valence-electron chi connectivity index (χ0n) is 16.0. The van der Waals surface area contributed by atoms with Gasteiger partial charge in [-0.3, -0.25) is 9.59 Å². The van der Waals surface area contributed by atoms with Crippen molar-refractivity contribution in [3.63, 3.8) is 0 Å². The van der Waals surface area contributed by atoms with Gasteiger partial charge in [0.05, 0.1) is 18.6 Å². The molecule has 5 heteroatoms. The number of carbonyl (C=O) groups excluding carboxylic acids is 1. The molecule has 0 radical (unpaired) electrons. The van der Waals surface area contributed by atoms with Crippen LogP contribution >= 0.6 is 0 Å². The lowest BCUT2D eigenvalue weighted by Crippen LogP contribution is -2.30. The number of ether oxygens (including phenoxy) is 1.